The molecule has 160 valence electrons. The maximum Gasteiger partial charge on any atom is 0.137 e. The number of ether oxygens (including phenoxy) is 2. The Morgan fingerprint density at radius 1 is 0.724 bits per heavy atom. The molecule has 0 aliphatic carbocycles. The predicted molar refractivity (Wildman–Crippen MR) is 123 cm³/mol. The summed E-state index contributed by atoms with van der Waals surface area (Å²) < 4.78 is 11.1. The summed E-state index contributed by atoms with van der Waals surface area (Å²) in [5.41, 5.74) is 3.59. The van der Waals surface area contributed by atoms with Crippen LogP contribution in [0.5, 0.6) is 5.75 Å². The Labute approximate surface area is 177 Å². The summed E-state index contributed by atoms with van der Waals surface area (Å²) in [6.45, 7) is 6.69. The van der Waals surface area contributed by atoms with Gasteiger partial charge in [-0.3, -0.25) is 4.98 Å². The fourth-order valence-electron chi connectivity index (χ4n) is 3.41. The Morgan fingerprint density at radius 2 is 1.45 bits per heavy atom. The van der Waals surface area contributed by atoms with Crippen molar-refractivity contribution in [2.75, 3.05) is 19.8 Å². The molecule has 0 N–H and O–H groups in total. The van der Waals surface area contributed by atoms with Crippen LogP contribution in [-0.4, -0.2) is 24.8 Å². The second-order valence-corrected chi connectivity index (χ2v) is 7.70. The fourth-order valence-corrected chi connectivity index (χ4v) is 3.41. The molecule has 0 amide bonds. The molecule has 0 unspecified atom stereocenters. The first-order chi connectivity index (χ1) is 14.3. The number of aromatic nitrogens is 1. The number of rotatable bonds is 16. The molecule has 0 fully saturated rings. The lowest BCUT2D eigenvalue weighted by molar-refractivity contribution is 0.141. The molecule has 1 aromatic heterocycles. The summed E-state index contributed by atoms with van der Waals surface area (Å²) in [7, 11) is 0. The highest BCUT2D eigenvalue weighted by Gasteiger charge is 2.02. The van der Waals surface area contributed by atoms with Crippen LogP contribution in [0, 0.1) is 0 Å². The molecular weight excluding hydrogens is 358 g/mol. The van der Waals surface area contributed by atoms with Crippen molar-refractivity contribution in [1.82, 2.24) is 4.98 Å². The van der Waals surface area contributed by atoms with Crippen LogP contribution in [0.1, 0.15) is 77.2 Å². The average Bonchev–Trinajstić information content (AvgIpc) is 2.76. The number of hydrogen-bond acceptors (Lipinski definition) is 3. The average molecular weight is 398 g/mol. The van der Waals surface area contributed by atoms with E-state index in [2.05, 4.69) is 36.2 Å². The van der Waals surface area contributed by atoms with Gasteiger partial charge in [-0.15, -0.1) is 0 Å². The quantitative estimate of drug-likeness (QED) is 0.280. The highest BCUT2D eigenvalue weighted by atomic mass is 16.5. The van der Waals surface area contributed by atoms with Crippen LogP contribution in [0.15, 0.2) is 42.6 Å². The Kier molecular flexibility index (Phi) is 12.1. The van der Waals surface area contributed by atoms with Crippen LogP contribution in [0.3, 0.4) is 0 Å². The lowest BCUT2D eigenvalue weighted by Gasteiger charge is -2.08. The number of pyridine rings is 1. The maximum atomic E-state index is 5.80. The molecule has 2 rings (SSSR count). The number of nitrogens with zero attached hydrogens (tertiary/aromatic N) is 1. The first-order valence-electron chi connectivity index (χ1n) is 11.6. The Balaban J connectivity index is 1.68. The number of benzene rings is 1. The van der Waals surface area contributed by atoms with Gasteiger partial charge in [0.05, 0.1) is 18.5 Å². The smallest absolute Gasteiger partial charge is 0.137 e. The van der Waals surface area contributed by atoms with Gasteiger partial charge in [0.25, 0.3) is 0 Å². The van der Waals surface area contributed by atoms with E-state index in [0.717, 1.165) is 50.5 Å². The van der Waals surface area contributed by atoms with Crippen molar-refractivity contribution in [3.63, 3.8) is 0 Å². The Hall–Kier alpha value is -1.87. The summed E-state index contributed by atoms with van der Waals surface area (Å²) in [6.07, 6.45) is 14.4. The lowest BCUT2D eigenvalue weighted by atomic mass is 10.0. The van der Waals surface area contributed by atoms with E-state index in [4.69, 9.17) is 9.47 Å². The standard InChI is InChI=1S/C26H39NO2/c1-3-5-6-7-8-10-13-23-14-16-24(17-15-23)26-19-18-25(22-27-26)29-21-12-9-11-20-28-4-2/h14-19,22H,3-13,20-21H2,1-2H3. The van der Waals surface area contributed by atoms with Gasteiger partial charge in [-0.2, -0.15) is 0 Å². The molecule has 2 aromatic rings. The second-order valence-electron chi connectivity index (χ2n) is 7.70. The van der Waals surface area contributed by atoms with Crippen LogP contribution in [0.4, 0.5) is 0 Å². The molecule has 3 nitrogen and oxygen atoms in total. The van der Waals surface area contributed by atoms with Crippen molar-refractivity contribution in [1.29, 1.82) is 0 Å². The van der Waals surface area contributed by atoms with Gasteiger partial charge in [-0.1, -0.05) is 63.3 Å². The Morgan fingerprint density at radius 3 is 2.17 bits per heavy atom. The van der Waals surface area contributed by atoms with Gasteiger partial charge in [0.15, 0.2) is 0 Å². The van der Waals surface area contributed by atoms with E-state index in [1.165, 1.54) is 56.1 Å². The fraction of sp³-hybridized carbons (Fsp3) is 0.577. The van der Waals surface area contributed by atoms with E-state index in [1.54, 1.807) is 0 Å². The van der Waals surface area contributed by atoms with Crippen LogP contribution in [0.2, 0.25) is 0 Å². The molecule has 1 heterocycles. The third-order valence-corrected chi connectivity index (χ3v) is 5.21. The number of aryl methyl sites for hydroxylation is 1. The third-order valence-electron chi connectivity index (χ3n) is 5.21. The number of hydrogen-bond donors (Lipinski definition) is 0. The molecule has 0 saturated carbocycles. The van der Waals surface area contributed by atoms with E-state index >= 15 is 0 Å². The molecule has 29 heavy (non-hydrogen) atoms. The van der Waals surface area contributed by atoms with Gasteiger partial charge in [0.2, 0.25) is 0 Å². The van der Waals surface area contributed by atoms with Crippen molar-refractivity contribution in [3.05, 3.63) is 48.2 Å². The normalized spacial score (nSPS) is 11.0. The first kappa shape index (κ1) is 23.4. The van der Waals surface area contributed by atoms with Gasteiger partial charge in [-0.05, 0) is 56.7 Å². The minimum atomic E-state index is 0.736. The SMILES string of the molecule is CCCCCCCCc1ccc(-c2ccc(OCCCCCOCC)cn2)cc1. The van der Waals surface area contributed by atoms with Crippen molar-refractivity contribution in [3.8, 4) is 17.0 Å². The minimum absolute atomic E-state index is 0.736. The third kappa shape index (κ3) is 9.94. The first-order valence-corrected chi connectivity index (χ1v) is 11.6. The lowest BCUT2D eigenvalue weighted by Crippen LogP contribution is -1.99. The van der Waals surface area contributed by atoms with E-state index in [0.29, 0.717) is 0 Å². The molecular formula is C26H39NO2. The largest absolute Gasteiger partial charge is 0.492 e. The van der Waals surface area contributed by atoms with Gasteiger partial charge in [-0.25, -0.2) is 0 Å². The molecule has 0 spiro atoms. The van der Waals surface area contributed by atoms with Crippen LogP contribution < -0.4 is 4.74 Å². The molecule has 0 saturated heterocycles. The van der Waals surface area contributed by atoms with Crippen LogP contribution in [0.25, 0.3) is 11.3 Å². The summed E-state index contributed by atoms with van der Waals surface area (Å²) in [4.78, 5) is 4.58. The zero-order valence-corrected chi connectivity index (χ0v) is 18.5. The monoisotopic (exact) mass is 397 g/mol. The van der Waals surface area contributed by atoms with Gasteiger partial charge >= 0.3 is 0 Å². The molecule has 0 radical (unpaired) electrons. The van der Waals surface area contributed by atoms with E-state index in [9.17, 15) is 0 Å². The van der Waals surface area contributed by atoms with Crippen LogP contribution in [-0.2, 0) is 11.2 Å². The van der Waals surface area contributed by atoms with E-state index < -0.39 is 0 Å². The number of unbranched alkanes of at least 4 members (excludes halogenated alkanes) is 7. The van der Waals surface area contributed by atoms with Crippen LogP contribution >= 0.6 is 0 Å². The predicted octanol–water partition coefficient (Wildman–Crippen LogP) is 7.24. The van der Waals surface area contributed by atoms with Crippen molar-refractivity contribution < 1.29 is 9.47 Å². The highest BCUT2D eigenvalue weighted by Crippen LogP contribution is 2.21. The Bertz CT molecular complexity index is 637. The zero-order valence-electron chi connectivity index (χ0n) is 18.5. The van der Waals surface area contributed by atoms with Gasteiger partial charge < -0.3 is 9.47 Å². The van der Waals surface area contributed by atoms with Crippen molar-refractivity contribution in [2.45, 2.75) is 78.1 Å². The molecule has 3 heteroatoms. The molecule has 1 aromatic carbocycles. The summed E-state index contributed by atoms with van der Waals surface area (Å²) in [5, 5.41) is 0. The van der Waals surface area contributed by atoms with Gasteiger partial charge in [0.1, 0.15) is 5.75 Å². The zero-order chi connectivity index (χ0) is 20.6. The van der Waals surface area contributed by atoms with Crippen molar-refractivity contribution in [2.24, 2.45) is 0 Å². The topological polar surface area (TPSA) is 31.4 Å². The maximum absolute atomic E-state index is 5.80. The van der Waals surface area contributed by atoms with Gasteiger partial charge in [0, 0.05) is 18.8 Å². The van der Waals surface area contributed by atoms with E-state index in [1.807, 2.05) is 25.3 Å². The summed E-state index contributed by atoms with van der Waals surface area (Å²) >= 11 is 0. The highest BCUT2D eigenvalue weighted by molar-refractivity contribution is 5.59. The molecule has 0 aliphatic rings. The minimum Gasteiger partial charge on any atom is -0.492 e. The molecule has 0 atom stereocenters. The second kappa shape index (κ2) is 15.0. The summed E-state index contributed by atoms with van der Waals surface area (Å²) in [6, 6.07) is 12.9. The van der Waals surface area contributed by atoms with E-state index in [-0.39, 0.29) is 0 Å². The summed E-state index contributed by atoms with van der Waals surface area (Å²) in [5.74, 6) is 0.846. The molecule has 0 bridgehead atoms. The van der Waals surface area contributed by atoms with Crippen molar-refractivity contribution >= 4 is 0 Å². The molecule has 0 aliphatic heterocycles.